The zero-order valence-corrected chi connectivity index (χ0v) is 7.50. The van der Waals surface area contributed by atoms with Gasteiger partial charge < -0.3 is 0 Å². The fourth-order valence-corrected chi connectivity index (χ4v) is 1.15. The molecule has 0 spiro atoms. The number of halogens is 1. The second kappa shape index (κ2) is 5.46. The number of alkyl halides is 1. The molecule has 0 radical (unpaired) electrons. The highest BCUT2D eigenvalue weighted by Gasteiger charge is 2.03. The molecule has 0 saturated carbocycles. The summed E-state index contributed by atoms with van der Waals surface area (Å²) in [4.78, 5) is 11.4. The standard InChI is InChI=1S/C11H13FO/c12-9-5-4-8-11(13)10-6-2-1-3-7-10/h1-3,6-7H,4-5,8-9H2. The summed E-state index contributed by atoms with van der Waals surface area (Å²) in [6.07, 6.45) is 1.58. The molecule has 0 amide bonds. The van der Waals surface area contributed by atoms with Crippen LogP contribution in [0.15, 0.2) is 30.3 Å². The Balaban J connectivity index is 2.40. The Morgan fingerprint density at radius 3 is 2.46 bits per heavy atom. The molecular formula is C11H13FO. The van der Waals surface area contributed by atoms with Crippen molar-refractivity contribution in [2.45, 2.75) is 19.3 Å². The number of unbranched alkanes of at least 4 members (excludes halogenated alkanes) is 1. The number of hydrogen-bond donors (Lipinski definition) is 0. The first-order valence-electron chi connectivity index (χ1n) is 4.49. The van der Waals surface area contributed by atoms with Crippen LogP contribution in [-0.4, -0.2) is 12.5 Å². The van der Waals surface area contributed by atoms with Crippen molar-refractivity contribution in [2.75, 3.05) is 6.67 Å². The van der Waals surface area contributed by atoms with Gasteiger partial charge in [0.1, 0.15) is 0 Å². The van der Waals surface area contributed by atoms with Gasteiger partial charge in [0.2, 0.25) is 0 Å². The Bertz CT molecular complexity index is 256. The minimum atomic E-state index is -0.331. The van der Waals surface area contributed by atoms with E-state index < -0.39 is 0 Å². The molecular weight excluding hydrogens is 167 g/mol. The van der Waals surface area contributed by atoms with Gasteiger partial charge in [-0.2, -0.15) is 0 Å². The van der Waals surface area contributed by atoms with Crippen LogP contribution in [0.5, 0.6) is 0 Å². The highest BCUT2D eigenvalue weighted by molar-refractivity contribution is 5.95. The van der Waals surface area contributed by atoms with E-state index >= 15 is 0 Å². The first kappa shape index (κ1) is 9.90. The van der Waals surface area contributed by atoms with Crippen molar-refractivity contribution >= 4 is 5.78 Å². The molecule has 1 aromatic rings. The van der Waals surface area contributed by atoms with Crippen molar-refractivity contribution in [3.8, 4) is 0 Å². The summed E-state index contributed by atoms with van der Waals surface area (Å²) < 4.78 is 11.7. The SMILES string of the molecule is O=C(CCCCF)c1ccccc1. The topological polar surface area (TPSA) is 17.1 Å². The normalized spacial score (nSPS) is 9.92. The monoisotopic (exact) mass is 180 g/mol. The van der Waals surface area contributed by atoms with Crippen molar-refractivity contribution in [1.82, 2.24) is 0 Å². The average Bonchev–Trinajstić information content (AvgIpc) is 2.19. The van der Waals surface area contributed by atoms with Gasteiger partial charge >= 0.3 is 0 Å². The van der Waals surface area contributed by atoms with Crippen LogP contribution in [0.2, 0.25) is 0 Å². The number of benzene rings is 1. The van der Waals surface area contributed by atoms with E-state index in [1.807, 2.05) is 18.2 Å². The lowest BCUT2D eigenvalue weighted by Crippen LogP contribution is -1.98. The van der Waals surface area contributed by atoms with Crippen molar-refractivity contribution in [1.29, 1.82) is 0 Å². The van der Waals surface area contributed by atoms with Gasteiger partial charge in [-0.25, -0.2) is 0 Å². The van der Waals surface area contributed by atoms with Crippen molar-refractivity contribution in [3.63, 3.8) is 0 Å². The highest BCUT2D eigenvalue weighted by Crippen LogP contribution is 2.06. The Morgan fingerprint density at radius 2 is 1.85 bits per heavy atom. The van der Waals surface area contributed by atoms with Crippen molar-refractivity contribution in [2.24, 2.45) is 0 Å². The number of carbonyl (C=O) groups is 1. The van der Waals surface area contributed by atoms with E-state index in [1.165, 1.54) is 0 Å². The van der Waals surface area contributed by atoms with E-state index in [9.17, 15) is 9.18 Å². The first-order valence-corrected chi connectivity index (χ1v) is 4.49. The lowest BCUT2D eigenvalue weighted by Gasteiger charge is -1.98. The van der Waals surface area contributed by atoms with E-state index in [4.69, 9.17) is 0 Å². The van der Waals surface area contributed by atoms with E-state index in [2.05, 4.69) is 0 Å². The van der Waals surface area contributed by atoms with Crippen LogP contribution in [0.25, 0.3) is 0 Å². The van der Waals surface area contributed by atoms with Gasteiger partial charge in [0.15, 0.2) is 5.78 Å². The van der Waals surface area contributed by atoms with Crippen LogP contribution in [0.4, 0.5) is 4.39 Å². The summed E-state index contributed by atoms with van der Waals surface area (Å²) in [7, 11) is 0. The maximum atomic E-state index is 11.7. The van der Waals surface area contributed by atoms with Crippen molar-refractivity contribution < 1.29 is 9.18 Å². The summed E-state index contributed by atoms with van der Waals surface area (Å²) in [5, 5.41) is 0. The Hall–Kier alpha value is -1.18. The van der Waals surface area contributed by atoms with Gasteiger partial charge in [-0.05, 0) is 12.8 Å². The maximum absolute atomic E-state index is 11.7. The van der Waals surface area contributed by atoms with Crippen LogP contribution < -0.4 is 0 Å². The largest absolute Gasteiger partial charge is 0.294 e. The number of rotatable bonds is 5. The molecule has 0 saturated heterocycles. The summed E-state index contributed by atoms with van der Waals surface area (Å²) in [5.74, 6) is 0.106. The van der Waals surface area contributed by atoms with E-state index in [0.29, 0.717) is 19.3 Å². The summed E-state index contributed by atoms with van der Waals surface area (Å²) in [6, 6.07) is 9.12. The molecule has 0 bridgehead atoms. The molecule has 0 aliphatic carbocycles. The van der Waals surface area contributed by atoms with E-state index in [1.54, 1.807) is 12.1 Å². The quantitative estimate of drug-likeness (QED) is 0.503. The molecule has 0 N–H and O–H groups in total. The predicted octanol–water partition coefficient (Wildman–Crippen LogP) is 3.01. The molecule has 2 heteroatoms. The number of ketones is 1. The van der Waals surface area contributed by atoms with Gasteiger partial charge in [0.05, 0.1) is 6.67 Å². The van der Waals surface area contributed by atoms with Gasteiger partial charge in [-0.3, -0.25) is 9.18 Å². The van der Waals surface area contributed by atoms with E-state index in [-0.39, 0.29) is 12.5 Å². The van der Waals surface area contributed by atoms with Crippen molar-refractivity contribution in [3.05, 3.63) is 35.9 Å². The van der Waals surface area contributed by atoms with Crippen LogP contribution in [0.1, 0.15) is 29.6 Å². The smallest absolute Gasteiger partial charge is 0.162 e. The second-order valence-electron chi connectivity index (χ2n) is 2.94. The first-order chi connectivity index (χ1) is 6.34. The summed E-state index contributed by atoms with van der Waals surface area (Å²) >= 11 is 0. The third kappa shape index (κ3) is 3.36. The molecule has 0 atom stereocenters. The fraction of sp³-hybridized carbons (Fsp3) is 0.364. The van der Waals surface area contributed by atoms with Gasteiger partial charge in [0, 0.05) is 12.0 Å². The van der Waals surface area contributed by atoms with Crippen LogP contribution in [0, 0.1) is 0 Å². The summed E-state index contributed by atoms with van der Waals surface area (Å²) in [6.45, 7) is -0.331. The number of carbonyl (C=O) groups excluding carboxylic acids is 1. The summed E-state index contributed by atoms with van der Waals surface area (Å²) in [5.41, 5.74) is 0.723. The molecule has 1 nitrogen and oxygen atoms in total. The molecule has 0 unspecified atom stereocenters. The highest BCUT2D eigenvalue weighted by atomic mass is 19.1. The Labute approximate surface area is 77.6 Å². The maximum Gasteiger partial charge on any atom is 0.162 e. The third-order valence-corrected chi connectivity index (χ3v) is 1.88. The molecule has 70 valence electrons. The second-order valence-corrected chi connectivity index (χ2v) is 2.94. The minimum Gasteiger partial charge on any atom is -0.294 e. The molecule has 1 rings (SSSR count). The van der Waals surface area contributed by atoms with Gasteiger partial charge in [-0.1, -0.05) is 30.3 Å². The Morgan fingerprint density at radius 1 is 1.15 bits per heavy atom. The van der Waals surface area contributed by atoms with Gasteiger partial charge in [0.25, 0.3) is 0 Å². The molecule has 0 fully saturated rings. The molecule has 0 heterocycles. The molecule has 0 aliphatic heterocycles. The number of hydrogen-bond acceptors (Lipinski definition) is 1. The van der Waals surface area contributed by atoms with E-state index in [0.717, 1.165) is 5.56 Å². The minimum absolute atomic E-state index is 0.106. The van der Waals surface area contributed by atoms with Crippen LogP contribution in [-0.2, 0) is 0 Å². The predicted molar refractivity (Wildman–Crippen MR) is 50.6 cm³/mol. The zero-order chi connectivity index (χ0) is 9.52. The van der Waals surface area contributed by atoms with Crippen LogP contribution >= 0.6 is 0 Å². The Kier molecular flexibility index (Phi) is 4.16. The molecule has 0 aromatic heterocycles. The number of Topliss-reactive ketones (excluding diaryl/α,β-unsaturated/α-hetero) is 1. The zero-order valence-electron chi connectivity index (χ0n) is 7.50. The lowest BCUT2D eigenvalue weighted by molar-refractivity contribution is 0.0979. The van der Waals surface area contributed by atoms with Crippen LogP contribution in [0.3, 0.4) is 0 Å². The molecule has 13 heavy (non-hydrogen) atoms. The molecule has 0 aliphatic rings. The molecule has 1 aromatic carbocycles. The van der Waals surface area contributed by atoms with Gasteiger partial charge in [-0.15, -0.1) is 0 Å². The average molecular weight is 180 g/mol. The fourth-order valence-electron chi connectivity index (χ4n) is 1.15. The lowest BCUT2D eigenvalue weighted by atomic mass is 10.1. The third-order valence-electron chi connectivity index (χ3n) is 1.88.